The molecular weight excluding hydrogens is 356 g/mol. The minimum atomic E-state index is -3.63. The number of amides is 1. The van der Waals surface area contributed by atoms with Crippen LogP contribution >= 0.6 is 0 Å². The molecule has 0 aliphatic carbocycles. The van der Waals surface area contributed by atoms with Crippen molar-refractivity contribution in [3.63, 3.8) is 0 Å². The van der Waals surface area contributed by atoms with Gasteiger partial charge in [0.05, 0.1) is 24.4 Å². The number of rotatable bonds is 5. The summed E-state index contributed by atoms with van der Waals surface area (Å²) in [5.41, 5.74) is 1.08. The van der Waals surface area contributed by atoms with Crippen LogP contribution in [0.1, 0.15) is 18.5 Å². The Labute approximate surface area is 152 Å². The van der Waals surface area contributed by atoms with Crippen molar-refractivity contribution in [2.24, 2.45) is 0 Å². The van der Waals surface area contributed by atoms with Gasteiger partial charge >= 0.3 is 0 Å². The van der Waals surface area contributed by atoms with Crippen LogP contribution in [0.2, 0.25) is 0 Å². The van der Waals surface area contributed by atoms with Gasteiger partial charge in [0.15, 0.2) is 0 Å². The first-order valence-electron chi connectivity index (χ1n) is 8.36. The summed E-state index contributed by atoms with van der Waals surface area (Å²) in [6, 6.07) is 4.45. The molecule has 8 nitrogen and oxygen atoms in total. The summed E-state index contributed by atoms with van der Waals surface area (Å²) in [5.74, 6) is -0.249. The lowest BCUT2D eigenvalue weighted by Crippen LogP contribution is -2.40. The Bertz CT molecular complexity index is 874. The molecule has 0 spiro atoms. The Balaban J connectivity index is 1.82. The van der Waals surface area contributed by atoms with Crippen LogP contribution in [0.3, 0.4) is 0 Å². The van der Waals surface area contributed by atoms with Gasteiger partial charge in [0, 0.05) is 31.2 Å². The standard InChI is InChI=1S/C17H22N4O4S/c1-13-3-4-15(19-17(22)14(2)20-6-5-18-12-20)11-16(13)26(23,24)21-7-9-25-10-8-21/h3-6,11-12,14H,7-10H2,1-2H3,(H,19,22). The number of benzene rings is 1. The molecular formula is C17H22N4O4S. The highest BCUT2D eigenvalue weighted by atomic mass is 32.2. The van der Waals surface area contributed by atoms with Crippen molar-refractivity contribution in [2.75, 3.05) is 31.6 Å². The number of carbonyl (C=O) groups excluding carboxylic acids is 1. The van der Waals surface area contributed by atoms with E-state index < -0.39 is 16.1 Å². The third kappa shape index (κ3) is 3.79. The first kappa shape index (κ1) is 18.6. The maximum absolute atomic E-state index is 12.9. The van der Waals surface area contributed by atoms with Gasteiger partial charge in [-0.3, -0.25) is 4.79 Å². The topological polar surface area (TPSA) is 93.5 Å². The molecule has 1 fully saturated rings. The molecule has 140 valence electrons. The minimum absolute atomic E-state index is 0.201. The molecule has 1 amide bonds. The summed E-state index contributed by atoms with van der Waals surface area (Å²) in [5, 5.41) is 2.78. The van der Waals surface area contributed by atoms with Crippen LogP contribution in [0, 0.1) is 6.92 Å². The molecule has 0 radical (unpaired) electrons. The van der Waals surface area contributed by atoms with Crippen LogP contribution in [0.4, 0.5) is 5.69 Å². The Hall–Kier alpha value is -2.23. The molecule has 1 aliphatic rings. The van der Waals surface area contributed by atoms with E-state index in [9.17, 15) is 13.2 Å². The lowest BCUT2D eigenvalue weighted by molar-refractivity contribution is -0.118. The zero-order valence-electron chi connectivity index (χ0n) is 14.8. The second kappa shape index (κ2) is 7.56. The van der Waals surface area contributed by atoms with Gasteiger partial charge in [-0.25, -0.2) is 13.4 Å². The number of nitrogens with one attached hydrogen (secondary N) is 1. The number of anilines is 1. The molecule has 3 rings (SSSR count). The van der Waals surface area contributed by atoms with Crippen molar-refractivity contribution in [2.45, 2.75) is 24.8 Å². The van der Waals surface area contributed by atoms with E-state index in [0.29, 0.717) is 37.6 Å². The van der Waals surface area contributed by atoms with E-state index in [1.165, 1.54) is 10.4 Å². The lowest BCUT2D eigenvalue weighted by atomic mass is 10.2. The lowest BCUT2D eigenvalue weighted by Gasteiger charge is -2.27. The van der Waals surface area contributed by atoms with Gasteiger partial charge in [0.2, 0.25) is 15.9 Å². The van der Waals surface area contributed by atoms with E-state index in [1.807, 2.05) is 0 Å². The first-order valence-corrected chi connectivity index (χ1v) is 9.80. The van der Waals surface area contributed by atoms with E-state index in [1.54, 1.807) is 49.3 Å². The number of hydrogen-bond acceptors (Lipinski definition) is 5. The molecule has 26 heavy (non-hydrogen) atoms. The van der Waals surface area contributed by atoms with Gasteiger partial charge in [-0.05, 0) is 31.5 Å². The van der Waals surface area contributed by atoms with Crippen molar-refractivity contribution < 1.29 is 17.9 Å². The molecule has 1 unspecified atom stereocenters. The van der Waals surface area contributed by atoms with Gasteiger partial charge in [-0.15, -0.1) is 0 Å². The van der Waals surface area contributed by atoms with Crippen LogP contribution < -0.4 is 5.32 Å². The molecule has 1 aliphatic heterocycles. The predicted octanol–water partition coefficient (Wildman–Crippen LogP) is 1.41. The number of sulfonamides is 1. The summed E-state index contributed by atoms with van der Waals surface area (Å²) in [6.07, 6.45) is 4.87. The van der Waals surface area contributed by atoms with Gasteiger partial charge in [-0.1, -0.05) is 6.07 Å². The highest BCUT2D eigenvalue weighted by molar-refractivity contribution is 7.89. The number of hydrogen-bond donors (Lipinski definition) is 1. The van der Waals surface area contributed by atoms with E-state index in [2.05, 4.69) is 10.3 Å². The molecule has 1 saturated heterocycles. The van der Waals surface area contributed by atoms with Gasteiger partial charge in [0.25, 0.3) is 0 Å². The van der Waals surface area contributed by atoms with Crippen molar-refractivity contribution in [1.29, 1.82) is 0 Å². The van der Waals surface area contributed by atoms with E-state index in [0.717, 1.165) is 0 Å². The number of aryl methyl sites for hydroxylation is 1. The van der Waals surface area contributed by atoms with Crippen molar-refractivity contribution in [3.05, 3.63) is 42.5 Å². The Morgan fingerprint density at radius 3 is 2.69 bits per heavy atom. The molecule has 1 aromatic carbocycles. The monoisotopic (exact) mass is 378 g/mol. The average molecular weight is 378 g/mol. The normalized spacial score (nSPS) is 17.0. The van der Waals surface area contributed by atoms with Crippen LogP contribution in [0.25, 0.3) is 0 Å². The number of carbonyl (C=O) groups is 1. The highest BCUT2D eigenvalue weighted by Crippen LogP contribution is 2.25. The summed E-state index contributed by atoms with van der Waals surface area (Å²) >= 11 is 0. The van der Waals surface area contributed by atoms with Crippen LogP contribution in [0.5, 0.6) is 0 Å². The second-order valence-electron chi connectivity index (χ2n) is 6.17. The number of aromatic nitrogens is 2. The zero-order chi connectivity index (χ0) is 18.7. The van der Waals surface area contributed by atoms with Gasteiger partial charge < -0.3 is 14.6 Å². The molecule has 1 N–H and O–H groups in total. The average Bonchev–Trinajstić information content (AvgIpc) is 3.18. The number of nitrogens with zero attached hydrogens (tertiary/aromatic N) is 3. The summed E-state index contributed by atoms with van der Waals surface area (Å²) in [4.78, 5) is 16.6. The van der Waals surface area contributed by atoms with Crippen molar-refractivity contribution in [1.82, 2.24) is 13.9 Å². The largest absolute Gasteiger partial charge is 0.379 e. The molecule has 0 bridgehead atoms. The summed E-state index contributed by atoms with van der Waals surface area (Å²) < 4.78 is 34.1. The van der Waals surface area contributed by atoms with Gasteiger partial charge in [0.1, 0.15) is 6.04 Å². The smallest absolute Gasteiger partial charge is 0.247 e. The second-order valence-corrected chi connectivity index (χ2v) is 8.08. The highest BCUT2D eigenvalue weighted by Gasteiger charge is 2.28. The van der Waals surface area contributed by atoms with E-state index in [-0.39, 0.29) is 10.8 Å². The minimum Gasteiger partial charge on any atom is -0.379 e. The van der Waals surface area contributed by atoms with E-state index in [4.69, 9.17) is 4.74 Å². The predicted molar refractivity (Wildman–Crippen MR) is 96.3 cm³/mol. The fraction of sp³-hybridized carbons (Fsp3) is 0.412. The molecule has 2 heterocycles. The fourth-order valence-corrected chi connectivity index (χ4v) is 4.42. The Morgan fingerprint density at radius 2 is 2.04 bits per heavy atom. The van der Waals surface area contributed by atoms with Gasteiger partial charge in [-0.2, -0.15) is 4.31 Å². The first-order chi connectivity index (χ1) is 12.4. The van der Waals surface area contributed by atoms with Crippen LogP contribution in [-0.2, 0) is 19.6 Å². The third-order valence-corrected chi connectivity index (χ3v) is 6.44. The van der Waals surface area contributed by atoms with Crippen molar-refractivity contribution in [3.8, 4) is 0 Å². The molecule has 1 aromatic heterocycles. The number of imidazole rings is 1. The molecule has 0 saturated carbocycles. The summed E-state index contributed by atoms with van der Waals surface area (Å²) in [6.45, 7) is 4.92. The van der Waals surface area contributed by atoms with E-state index >= 15 is 0 Å². The maximum atomic E-state index is 12.9. The summed E-state index contributed by atoms with van der Waals surface area (Å²) in [7, 11) is -3.63. The molecule has 9 heteroatoms. The SMILES string of the molecule is Cc1ccc(NC(=O)C(C)n2ccnc2)cc1S(=O)(=O)N1CCOCC1. The molecule has 1 atom stereocenters. The fourth-order valence-electron chi connectivity index (χ4n) is 2.76. The third-order valence-electron chi connectivity index (χ3n) is 4.40. The van der Waals surface area contributed by atoms with Crippen LogP contribution in [-0.4, -0.2) is 54.5 Å². The van der Waals surface area contributed by atoms with Crippen molar-refractivity contribution >= 4 is 21.6 Å². The van der Waals surface area contributed by atoms with Crippen LogP contribution in [0.15, 0.2) is 41.8 Å². The Kier molecular flexibility index (Phi) is 5.40. The number of morpholine rings is 1. The quantitative estimate of drug-likeness (QED) is 0.849. The number of ether oxygens (including phenoxy) is 1. The zero-order valence-corrected chi connectivity index (χ0v) is 15.6. The maximum Gasteiger partial charge on any atom is 0.247 e. The molecule has 2 aromatic rings. The Morgan fingerprint density at radius 1 is 1.31 bits per heavy atom.